The number of rotatable bonds is 3. The molecule has 29 heavy (non-hydrogen) atoms. The number of nitrogens with one attached hydrogen (secondary N) is 1. The van der Waals surface area contributed by atoms with Crippen LogP contribution in [-0.4, -0.2) is 34.4 Å². The highest BCUT2D eigenvalue weighted by atomic mass is 79.9. The van der Waals surface area contributed by atoms with Crippen LogP contribution < -0.4 is 20.6 Å². The molecular weight excluding hydrogens is 462 g/mol. The number of hydrogen-bond acceptors (Lipinski definition) is 8. The van der Waals surface area contributed by atoms with Gasteiger partial charge in [-0.25, -0.2) is 5.01 Å². The summed E-state index contributed by atoms with van der Waals surface area (Å²) in [5.74, 6) is 0.0872. The first-order valence-electron chi connectivity index (χ1n) is 8.36. The van der Waals surface area contributed by atoms with Crippen LogP contribution in [0.4, 0.5) is 5.69 Å². The number of methoxy groups -OCH3 is 1. The van der Waals surface area contributed by atoms with Crippen molar-refractivity contribution >= 4 is 50.2 Å². The largest absolute Gasteiger partial charge is 0.496 e. The lowest BCUT2D eigenvalue weighted by molar-refractivity contribution is -0.385. The molecule has 0 aliphatic carbocycles. The number of nitro groups is 1. The first kappa shape index (κ1) is 19.4. The van der Waals surface area contributed by atoms with Gasteiger partial charge in [0.15, 0.2) is 11.3 Å². The van der Waals surface area contributed by atoms with Crippen molar-refractivity contribution in [3.8, 4) is 5.75 Å². The molecule has 2 aliphatic heterocycles. The second-order valence-corrected chi connectivity index (χ2v) is 7.81. The Labute approximate surface area is 177 Å². The normalized spacial score (nSPS) is 17.6. The fourth-order valence-electron chi connectivity index (χ4n) is 3.18. The Bertz CT molecular complexity index is 1200. The molecule has 9 nitrogen and oxygen atoms in total. The molecule has 2 aliphatic rings. The molecule has 2 heterocycles. The number of hydrogen-bond donors (Lipinski definition) is 1. The molecule has 0 bridgehead atoms. The molecule has 0 fully saturated rings. The molecule has 1 amide bonds. The van der Waals surface area contributed by atoms with Crippen molar-refractivity contribution in [1.82, 2.24) is 10.3 Å². The molecule has 0 saturated heterocycles. The summed E-state index contributed by atoms with van der Waals surface area (Å²) in [6.45, 7) is 0. The van der Waals surface area contributed by atoms with Crippen LogP contribution in [-0.2, 0) is 4.79 Å². The minimum Gasteiger partial charge on any atom is -0.496 e. The van der Waals surface area contributed by atoms with Gasteiger partial charge < -0.3 is 4.74 Å². The maximum absolute atomic E-state index is 12.9. The van der Waals surface area contributed by atoms with Crippen LogP contribution in [0.15, 0.2) is 51.0 Å². The van der Waals surface area contributed by atoms with Gasteiger partial charge in [-0.15, -0.1) is 5.10 Å². The van der Waals surface area contributed by atoms with Crippen molar-refractivity contribution in [1.29, 1.82) is 0 Å². The first-order chi connectivity index (χ1) is 13.9. The van der Waals surface area contributed by atoms with Crippen molar-refractivity contribution in [2.45, 2.75) is 6.17 Å². The smallest absolute Gasteiger partial charge is 0.276 e. The lowest BCUT2D eigenvalue weighted by Crippen LogP contribution is -2.50. The third-order valence-electron chi connectivity index (χ3n) is 4.47. The third-order valence-corrected chi connectivity index (χ3v) is 5.53. The molecule has 2 aromatic carbocycles. The van der Waals surface area contributed by atoms with Gasteiger partial charge >= 0.3 is 0 Å². The van der Waals surface area contributed by atoms with E-state index in [0.29, 0.717) is 32.8 Å². The van der Waals surface area contributed by atoms with Gasteiger partial charge in [0.05, 0.1) is 17.4 Å². The number of benzene rings is 2. The highest BCUT2D eigenvalue weighted by Gasteiger charge is 2.36. The Hall–Kier alpha value is -2.92. The second kappa shape index (κ2) is 7.48. The van der Waals surface area contributed by atoms with Gasteiger partial charge in [0.2, 0.25) is 0 Å². The minimum atomic E-state index is -0.804. The lowest BCUT2D eigenvalue weighted by atomic mass is 10.1. The molecular formula is C18H14BrN5O4S. The number of nitrogens with zero attached hydrogens (tertiary/aromatic N) is 4. The van der Waals surface area contributed by atoms with Crippen molar-refractivity contribution in [2.24, 2.45) is 10.1 Å². The summed E-state index contributed by atoms with van der Waals surface area (Å²) in [6, 6.07) is 9.67. The average molecular weight is 476 g/mol. The summed E-state index contributed by atoms with van der Waals surface area (Å²) < 4.78 is 6.21. The second-order valence-electron chi connectivity index (χ2n) is 6.10. The monoisotopic (exact) mass is 475 g/mol. The van der Waals surface area contributed by atoms with Crippen LogP contribution >= 0.6 is 27.7 Å². The predicted octanol–water partition coefficient (Wildman–Crippen LogP) is 1.87. The van der Waals surface area contributed by atoms with Gasteiger partial charge in [0.25, 0.3) is 11.6 Å². The molecule has 0 saturated carbocycles. The fourth-order valence-corrected chi connectivity index (χ4v) is 3.91. The molecule has 0 spiro atoms. The standard InChI is InChI=1S/C18H14BrN5O4S/c1-28-14-6-4-10(24(26)27)8-12(14)16-20-13-5-3-9(19)7-11(13)15-17(25)21-18(29-2)22-23(15)16/h3-8,16H,1-2H3,(H,21,22,25)/t16-/m0/s1. The van der Waals surface area contributed by atoms with Crippen molar-refractivity contribution in [2.75, 3.05) is 13.4 Å². The Balaban J connectivity index is 2.03. The highest BCUT2D eigenvalue weighted by Crippen LogP contribution is 2.37. The number of carbonyl (C=O) groups is 1. The van der Waals surface area contributed by atoms with Crippen LogP contribution in [0.5, 0.6) is 5.75 Å². The number of carbonyl (C=O) groups excluding carboxylic acids is 1. The van der Waals surface area contributed by atoms with Crippen molar-refractivity contribution in [3.63, 3.8) is 0 Å². The topological polar surface area (TPSA) is 109 Å². The molecule has 0 aromatic heterocycles. The zero-order valence-corrected chi connectivity index (χ0v) is 17.7. The SMILES string of the molecule is COc1ccc([N+](=O)[O-])cc1[C@H]1N=c2ccc(Br)cc2=C2C(=O)NC(SC)=NN21. The van der Waals surface area contributed by atoms with Gasteiger partial charge in [0, 0.05) is 27.4 Å². The third kappa shape index (κ3) is 3.36. The maximum Gasteiger partial charge on any atom is 0.276 e. The summed E-state index contributed by atoms with van der Waals surface area (Å²) in [6.07, 6.45) is 0.986. The Morgan fingerprint density at radius 2 is 2.10 bits per heavy atom. The van der Waals surface area contributed by atoms with E-state index in [2.05, 4.69) is 26.3 Å². The van der Waals surface area contributed by atoms with Crippen LogP contribution in [0.3, 0.4) is 0 Å². The van der Waals surface area contributed by atoms with Crippen LogP contribution in [0.1, 0.15) is 11.7 Å². The van der Waals surface area contributed by atoms with Gasteiger partial charge in [-0.3, -0.25) is 25.2 Å². The zero-order chi connectivity index (χ0) is 20.7. The molecule has 0 unspecified atom stereocenters. The number of thioether (sulfide) groups is 1. The van der Waals surface area contributed by atoms with Gasteiger partial charge in [-0.1, -0.05) is 27.7 Å². The first-order valence-corrected chi connectivity index (χ1v) is 10.4. The Morgan fingerprint density at radius 1 is 1.31 bits per heavy atom. The van der Waals surface area contributed by atoms with E-state index >= 15 is 0 Å². The quantitative estimate of drug-likeness (QED) is 0.535. The Morgan fingerprint density at radius 3 is 2.79 bits per heavy atom. The van der Waals surface area contributed by atoms with E-state index in [4.69, 9.17) is 9.73 Å². The summed E-state index contributed by atoms with van der Waals surface area (Å²) >= 11 is 4.70. The Kier molecular flexibility index (Phi) is 5.01. The summed E-state index contributed by atoms with van der Waals surface area (Å²) in [4.78, 5) is 28.5. The van der Waals surface area contributed by atoms with Gasteiger partial charge in [-0.2, -0.15) is 0 Å². The summed E-state index contributed by atoms with van der Waals surface area (Å²) in [7, 11) is 1.47. The number of nitro benzene ring substituents is 1. The van der Waals surface area contributed by atoms with E-state index in [1.807, 2.05) is 6.07 Å². The van der Waals surface area contributed by atoms with Crippen LogP contribution in [0.25, 0.3) is 5.70 Å². The maximum atomic E-state index is 12.9. The van der Waals surface area contributed by atoms with Gasteiger partial charge in [0.1, 0.15) is 11.4 Å². The number of fused-ring (bicyclic) bond motifs is 2. The molecule has 11 heteroatoms. The number of halogens is 1. The van der Waals surface area contributed by atoms with E-state index in [9.17, 15) is 14.9 Å². The molecule has 4 rings (SSSR count). The number of hydrazone groups is 1. The van der Waals surface area contributed by atoms with Crippen LogP contribution in [0.2, 0.25) is 0 Å². The van der Waals surface area contributed by atoms with E-state index in [0.717, 1.165) is 4.47 Å². The van der Waals surface area contributed by atoms with E-state index in [1.165, 1.54) is 42.1 Å². The molecule has 1 atom stereocenters. The highest BCUT2D eigenvalue weighted by molar-refractivity contribution is 9.10. The summed E-state index contributed by atoms with van der Waals surface area (Å²) in [5.41, 5.74) is 0.647. The minimum absolute atomic E-state index is 0.102. The lowest BCUT2D eigenvalue weighted by Gasteiger charge is -2.34. The van der Waals surface area contributed by atoms with Crippen LogP contribution in [0, 0.1) is 10.1 Å². The number of ether oxygens (including phenoxy) is 1. The van der Waals surface area contributed by atoms with E-state index in [1.54, 1.807) is 18.4 Å². The molecule has 148 valence electrons. The molecule has 1 N–H and O–H groups in total. The predicted molar refractivity (Wildman–Crippen MR) is 112 cm³/mol. The van der Waals surface area contributed by atoms with Crippen molar-refractivity contribution < 1.29 is 14.5 Å². The average Bonchev–Trinajstić information content (AvgIpc) is 2.72. The summed E-state index contributed by atoms with van der Waals surface area (Å²) in [5, 5.41) is 21.7. The molecule has 2 aromatic rings. The number of non-ortho nitro benzene ring substituents is 1. The zero-order valence-electron chi connectivity index (χ0n) is 15.2. The molecule has 0 radical (unpaired) electrons. The van der Waals surface area contributed by atoms with E-state index < -0.39 is 11.1 Å². The van der Waals surface area contributed by atoms with Gasteiger partial charge in [-0.05, 0) is 30.5 Å². The van der Waals surface area contributed by atoms with Crippen molar-refractivity contribution in [3.05, 3.63) is 67.1 Å². The van der Waals surface area contributed by atoms with E-state index in [-0.39, 0.29) is 11.6 Å². The number of amides is 1. The fraction of sp³-hybridized carbons (Fsp3) is 0.167. The number of amidine groups is 1.